The molecule has 0 amide bonds. The molecule has 0 spiro atoms. The molecule has 1 aliphatic heterocycles. The normalized spacial score (nSPS) is 20.7. The summed E-state index contributed by atoms with van der Waals surface area (Å²) in [7, 11) is 1.75. The Morgan fingerprint density at radius 2 is 2.61 bits per heavy atom. The lowest BCUT2D eigenvalue weighted by atomic mass is 10.1. The molecule has 0 aromatic carbocycles. The van der Waals surface area contributed by atoms with E-state index >= 15 is 0 Å². The third-order valence-corrected chi connectivity index (χ3v) is 2.81. The van der Waals surface area contributed by atoms with Gasteiger partial charge in [-0.05, 0) is 25.5 Å². The number of hydrogen-bond donors (Lipinski definition) is 3. The second kappa shape index (κ2) is 6.27. The van der Waals surface area contributed by atoms with E-state index in [9.17, 15) is 4.79 Å². The Morgan fingerprint density at radius 3 is 3.28 bits per heavy atom. The van der Waals surface area contributed by atoms with Crippen molar-refractivity contribution in [2.45, 2.75) is 18.9 Å². The highest BCUT2D eigenvalue weighted by Crippen LogP contribution is 2.06. The predicted molar refractivity (Wildman–Crippen MR) is 68.5 cm³/mol. The van der Waals surface area contributed by atoms with E-state index in [0.717, 1.165) is 32.2 Å². The summed E-state index contributed by atoms with van der Waals surface area (Å²) in [5.41, 5.74) is 6.21. The van der Waals surface area contributed by atoms with Crippen LogP contribution in [-0.2, 0) is 0 Å². The second-order valence-corrected chi connectivity index (χ2v) is 4.11. The lowest BCUT2D eigenvalue weighted by Gasteiger charge is -2.21. The van der Waals surface area contributed by atoms with E-state index in [-0.39, 0.29) is 6.04 Å². The predicted octanol–water partition coefficient (Wildman–Crippen LogP) is -0.624. The average molecular weight is 250 g/mol. The third kappa shape index (κ3) is 2.93. The summed E-state index contributed by atoms with van der Waals surface area (Å²) >= 11 is 0. The molecule has 0 aliphatic carbocycles. The third-order valence-electron chi connectivity index (χ3n) is 2.81. The number of rotatable bonds is 3. The zero-order chi connectivity index (χ0) is 12.8. The summed E-state index contributed by atoms with van der Waals surface area (Å²) in [6.07, 6.45) is 4.49. The summed E-state index contributed by atoms with van der Waals surface area (Å²) in [6, 6.07) is 1.86. The summed E-state index contributed by atoms with van der Waals surface area (Å²) < 4.78 is 1.50. The molecule has 0 bridgehead atoms. The maximum absolute atomic E-state index is 10.9. The fourth-order valence-electron chi connectivity index (χ4n) is 1.95. The fraction of sp³-hybridized carbons (Fsp3) is 0.545. The first-order chi connectivity index (χ1) is 8.85. The van der Waals surface area contributed by atoms with E-state index in [1.165, 1.54) is 4.68 Å². The number of aliphatic imine (C=N–C) groups is 1. The maximum atomic E-state index is 10.9. The number of aldehydes is 1. The van der Waals surface area contributed by atoms with Gasteiger partial charge in [-0.3, -0.25) is 10.2 Å². The Hall–Kier alpha value is -1.73. The summed E-state index contributed by atoms with van der Waals surface area (Å²) in [6.45, 7) is 1.90. The van der Waals surface area contributed by atoms with Crippen molar-refractivity contribution in [3.8, 4) is 0 Å². The van der Waals surface area contributed by atoms with E-state index < -0.39 is 0 Å². The zero-order valence-corrected chi connectivity index (χ0v) is 10.4. The van der Waals surface area contributed by atoms with Crippen molar-refractivity contribution in [2.24, 2.45) is 4.99 Å². The molecule has 7 nitrogen and oxygen atoms in total. The molecule has 1 fully saturated rings. The second-order valence-electron chi connectivity index (χ2n) is 4.11. The van der Waals surface area contributed by atoms with Crippen molar-refractivity contribution in [3.05, 3.63) is 18.0 Å². The van der Waals surface area contributed by atoms with Crippen LogP contribution in [0.15, 0.2) is 17.3 Å². The van der Waals surface area contributed by atoms with Gasteiger partial charge in [0.05, 0.1) is 12.2 Å². The SMILES string of the molecule is CNNC(=NC1CCCNC1)n1nccc1C=O. The number of nitrogens with one attached hydrogen (secondary N) is 3. The molecule has 7 heteroatoms. The molecule has 1 unspecified atom stereocenters. The molecule has 18 heavy (non-hydrogen) atoms. The van der Waals surface area contributed by atoms with Gasteiger partial charge in [0, 0.05) is 13.6 Å². The molecule has 1 aromatic rings. The number of hydrazine groups is 1. The summed E-state index contributed by atoms with van der Waals surface area (Å²) in [4.78, 5) is 15.5. The highest BCUT2D eigenvalue weighted by Gasteiger charge is 2.15. The van der Waals surface area contributed by atoms with Crippen molar-refractivity contribution in [3.63, 3.8) is 0 Å². The number of hydrogen-bond acceptors (Lipinski definition) is 5. The molecule has 2 rings (SSSR count). The molecule has 98 valence electrons. The fourth-order valence-corrected chi connectivity index (χ4v) is 1.95. The van der Waals surface area contributed by atoms with Crippen LogP contribution in [0.5, 0.6) is 0 Å². The minimum atomic E-state index is 0.207. The molecule has 3 N–H and O–H groups in total. The Kier molecular flexibility index (Phi) is 4.43. The molecule has 2 heterocycles. The van der Waals surface area contributed by atoms with Crippen LogP contribution in [-0.4, -0.2) is 48.2 Å². The average Bonchev–Trinajstić information content (AvgIpc) is 2.87. The van der Waals surface area contributed by atoms with Crippen LogP contribution < -0.4 is 16.2 Å². The van der Waals surface area contributed by atoms with E-state index in [1.807, 2.05) is 0 Å². The van der Waals surface area contributed by atoms with Crippen LogP contribution in [0.3, 0.4) is 0 Å². The number of aromatic nitrogens is 2. The van der Waals surface area contributed by atoms with Crippen LogP contribution in [0.1, 0.15) is 23.3 Å². The van der Waals surface area contributed by atoms with E-state index in [4.69, 9.17) is 0 Å². The molecule has 1 aromatic heterocycles. The molecule has 1 saturated heterocycles. The highest BCUT2D eigenvalue weighted by atomic mass is 16.1. The van der Waals surface area contributed by atoms with Crippen molar-refractivity contribution in [1.29, 1.82) is 0 Å². The Morgan fingerprint density at radius 1 is 1.72 bits per heavy atom. The largest absolute Gasteiger partial charge is 0.315 e. The Labute approximate surface area is 106 Å². The first kappa shape index (κ1) is 12.7. The van der Waals surface area contributed by atoms with Crippen LogP contribution in [0.4, 0.5) is 0 Å². The van der Waals surface area contributed by atoms with E-state index in [1.54, 1.807) is 19.3 Å². The van der Waals surface area contributed by atoms with E-state index in [0.29, 0.717) is 11.7 Å². The molecular formula is C11H18N6O. The minimum Gasteiger partial charge on any atom is -0.315 e. The van der Waals surface area contributed by atoms with Crippen LogP contribution >= 0.6 is 0 Å². The van der Waals surface area contributed by atoms with Crippen molar-refractivity contribution in [1.82, 2.24) is 25.9 Å². The van der Waals surface area contributed by atoms with Gasteiger partial charge in [-0.1, -0.05) is 0 Å². The van der Waals surface area contributed by atoms with Gasteiger partial charge in [0.25, 0.3) is 0 Å². The topological polar surface area (TPSA) is 83.3 Å². The maximum Gasteiger partial charge on any atom is 0.234 e. The van der Waals surface area contributed by atoms with Crippen molar-refractivity contribution < 1.29 is 4.79 Å². The first-order valence-electron chi connectivity index (χ1n) is 6.06. The number of nitrogens with zero attached hydrogens (tertiary/aromatic N) is 3. The lowest BCUT2D eigenvalue weighted by molar-refractivity contribution is 0.111. The van der Waals surface area contributed by atoms with Crippen molar-refractivity contribution >= 4 is 12.2 Å². The van der Waals surface area contributed by atoms with Gasteiger partial charge < -0.3 is 5.32 Å². The van der Waals surface area contributed by atoms with Gasteiger partial charge in [-0.15, -0.1) is 0 Å². The van der Waals surface area contributed by atoms with Crippen LogP contribution in [0.25, 0.3) is 0 Å². The summed E-state index contributed by atoms with van der Waals surface area (Å²) in [5, 5.41) is 7.40. The van der Waals surface area contributed by atoms with Gasteiger partial charge >= 0.3 is 0 Å². The molecule has 1 atom stereocenters. The smallest absolute Gasteiger partial charge is 0.234 e. The number of carbonyl (C=O) groups is 1. The quantitative estimate of drug-likeness (QED) is 0.288. The molecule has 0 radical (unpaired) electrons. The number of piperidine rings is 1. The first-order valence-corrected chi connectivity index (χ1v) is 6.06. The minimum absolute atomic E-state index is 0.207. The zero-order valence-electron chi connectivity index (χ0n) is 10.4. The number of carbonyl (C=O) groups excluding carboxylic acids is 1. The van der Waals surface area contributed by atoms with Gasteiger partial charge in [0.15, 0.2) is 6.29 Å². The Bertz CT molecular complexity index is 421. The van der Waals surface area contributed by atoms with Gasteiger partial charge in [-0.2, -0.15) is 9.78 Å². The van der Waals surface area contributed by atoms with Crippen LogP contribution in [0.2, 0.25) is 0 Å². The van der Waals surface area contributed by atoms with Crippen molar-refractivity contribution in [2.75, 3.05) is 20.1 Å². The standard InChI is InChI=1S/C11H18N6O/c1-12-16-11(15-9-3-2-5-13-7-9)17-10(8-18)4-6-14-17/h4,6,8-9,12-13H,2-3,5,7H2,1H3,(H,15,16). The molecular weight excluding hydrogens is 232 g/mol. The molecule has 1 aliphatic rings. The monoisotopic (exact) mass is 250 g/mol. The van der Waals surface area contributed by atoms with Gasteiger partial charge in [-0.25, -0.2) is 10.4 Å². The lowest BCUT2D eigenvalue weighted by Crippen LogP contribution is -2.42. The van der Waals surface area contributed by atoms with Gasteiger partial charge in [0.2, 0.25) is 5.96 Å². The molecule has 0 saturated carbocycles. The van der Waals surface area contributed by atoms with E-state index in [2.05, 4.69) is 26.3 Å². The Balaban J connectivity index is 2.21. The van der Waals surface area contributed by atoms with Crippen LogP contribution in [0, 0.1) is 0 Å². The van der Waals surface area contributed by atoms with Gasteiger partial charge in [0.1, 0.15) is 5.69 Å². The summed E-state index contributed by atoms with van der Waals surface area (Å²) in [5.74, 6) is 0.540. The highest BCUT2D eigenvalue weighted by molar-refractivity contribution is 5.87.